The van der Waals surface area contributed by atoms with Crippen molar-refractivity contribution in [2.24, 2.45) is 0 Å². The van der Waals surface area contributed by atoms with Crippen molar-refractivity contribution < 1.29 is 4.74 Å². The summed E-state index contributed by atoms with van der Waals surface area (Å²) in [5, 5.41) is 3.78. The third-order valence-electron chi connectivity index (χ3n) is 2.91. The van der Waals surface area contributed by atoms with Gasteiger partial charge in [0.1, 0.15) is 0 Å². The van der Waals surface area contributed by atoms with Crippen LogP contribution in [-0.2, 0) is 4.74 Å². The third kappa shape index (κ3) is 5.42. The van der Waals surface area contributed by atoms with Crippen LogP contribution in [0.15, 0.2) is 30.3 Å². The van der Waals surface area contributed by atoms with E-state index in [1.54, 1.807) is 0 Å². The van der Waals surface area contributed by atoms with Crippen LogP contribution >= 0.6 is 12.2 Å². The molecule has 0 amide bonds. The highest BCUT2D eigenvalue weighted by Gasteiger charge is 2.09. The summed E-state index contributed by atoms with van der Waals surface area (Å²) in [6.07, 6.45) is 0. The summed E-state index contributed by atoms with van der Waals surface area (Å²) in [6, 6.07) is 9.87. The molecule has 19 heavy (non-hydrogen) atoms. The smallest absolute Gasteiger partial charge is 0.185 e. The standard InChI is InChI=1S/C13H20N4OS/c19-13(16-15-12-4-2-1-3-5-12)14-6-7-17-8-10-18-11-9-17/h1-5,15H,6-11H2,(H2,14,16,19). The maximum atomic E-state index is 5.30. The van der Waals surface area contributed by atoms with Crippen molar-refractivity contribution in [1.82, 2.24) is 15.6 Å². The number of anilines is 1. The summed E-state index contributed by atoms with van der Waals surface area (Å²) < 4.78 is 5.30. The Kier molecular flexibility index (Phi) is 5.87. The molecule has 0 saturated carbocycles. The maximum absolute atomic E-state index is 5.30. The van der Waals surface area contributed by atoms with Crippen LogP contribution in [0.3, 0.4) is 0 Å². The first-order valence-corrected chi connectivity index (χ1v) is 6.90. The minimum absolute atomic E-state index is 0.608. The minimum atomic E-state index is 0.608. The second-order valence-electron chi connectivity index (χ2n) is 4.33. The first-order valence-electron chi connectivity index (χ1n) is 6.49. The quantitative estimate of drug-likeness (QED) is 0.548. The first-order chi connectivity index (χ1) is 9.34. The zero-order chi connectivity index (χ0) is 13.3. The van der Waals surface area contributed by atoms with E-state index >= 15 is 0 Å². The van der Waals surface area contributed by atoms with Crippen molar-refractivity contribution in [1.29, 1.82) is 0 Å². The van der Waals surface area contributed by atoms with Gasteiger partial charge in [0.2, 0.25) is 0 Å². The highest BCUT2D eigenvalue weighted by Crippen LogP contribution is 2.02. The van der Waals surface area contributed by atoms with Crippen molar-refractivity contribution >= 4 is 23.0 Å². The monoisotopic (exact) mass is 280 g/mol. The van der Waals surface area contributed by atoms with Crippen LogP contribution in [-0.4, -0.2) is 49.4 Å². The van der Waals surface area contributed by atoms with Crippen molar-refractivity contribution in [3.05, 3.63) is 30.3 Å². The molecular formula is C13H20N4OS. The molecule has 1 aromatic rings. The molecule has 104 valence electrons. The van der Waals surface area contributed by atoms with Gasteiger partial charge in [-0.1, -0.05) is 18.2 Å². The highest BCUT2D eigenvalue weighted by atomic mass is 32.1. The topological polar surface area (TPSA) is 48.6 Å². The van der Waals surface area contributed by atoms with E-state index in [-0.39, 0.29) is 0 Å². The van der Waals surface area contributed by atoms with Gasteiger partial charge in [-0.3, -0.25) is 15.8 Å². The summed E-state index contributed by atoms with van der Waals surface area (Å²) in [4.78, 5) is 2.36. The Labute approximate surface area is 119 Å². The van der Waals surface area contributed by atoms with Crippen LogP contribution in [0.25, 0.3) is 0 Å². The van der Waals surface area contributed by atoms with Gasteiger partial charge >= 0.3 is 0 Å². The van der Waals surface area contributed by atoms with E-state index in [2.05, 4.69) is 21.1 Å². The van der Waals surface area contributed by atoms with Gasteiger partial charge in [0.15, 0.2) is 5.11 Å². The Morgan fingerprint density at radius 1 is 1.21 bits per heavy atom. The molecule has 1 aliphatic heterocycles. The van der Waals surface area contributed by atoms with Gasteiger partial charge in [0.05, 0.1) is 18.9 Å². The predicted octanol–water partition coefficient (Wildman–Crippen LogP) is 0.810. The number of hydrazine groups is 1. The first kappa shape index (κ1) is 14.0. The van der Waals surface area contributed by atoms with Gasteiger partial charge in [0, 0.05) is 26.2 Å². The summed E-state index contributed by atoms with van der Waals surface area (Å²) >= 11 is 5.19. The Morgan fingerprint density at radius 3 is 2.68 bits per heavy atom. The van der Waals surface area contributed by atoms with E-state index in [1.807, 2.05) is 30.3 Å². The molecule has 1 fully saturated rings. The van der Waals surface area contributed by atoms with Crippen LogP contribution in [0.1, 0.15) is 0 Å². The molecule has 1 heterocycles. The molecule has 0 spiro atoms. The van der Waals surface area contributed by atoms with Crippen molar-refractivity contribution in [2.45, 2.75) is 0 Å². The number of para-hydroxylation sites is 1. The molecule has 1 aliphatic rings. The highest BCUT2D eigenvalue weighted by molar-refractivity contribution is 7.80. The van der Waals surface area contributed by atoms with E-state index in [0.29, 0.717) is 5.11 Å². The molecule has 5 nitrogen and oxygen atoms in total. The molecule has 2 rings (SSSR count). The number of hydrogen-bond acceptors (Lipinski definition) is 4. The van der Waals surface area contributed by atoms with Crippen LogP contribution in [0.5, 0.6) is 0 Å². The number of nitrogens with one attached hydrogen (secondary N) is 3. The second-order valence-corrected chi connectivity index (χ2v) is 4.73. The van der Waals surface area contributed by atoms with Gasteiger partial charge in [0.25, 0.3) is 0 Å². The fourth-order valence-electron chi connectivity index (χ4n) is 1.85. The fourth-order valence-corrected chi connectivity index (χ4v) is 2.00. The Hall–Kier alpha value is -1.37. The SMILES string of the molecule is S=C(NCCN1CCOCC1)NNc1ccccc1. The fraction of sp³-hybridized carbons (Fsp3) is 0.462. The van der Waals surface area contributed by atoms with Gasteiger partial charge in [-0.2, -0.15) is 0 Å². The molecule has 0 aromatic heterocycles. The second kappa shape index (κ2) is 7.93. The van der Waals surface area contributed by atoms with Crippen LogP contribution in [0.2, 0.25) is 0 Å². The summed E-state index contributed by atoms with van der Waals surface area (Å²) in [7, 11) is 0. The van der Waals surface area contributed by atoms with E-state index in [4.69, 9.17) is 17.0 Å². The number of nitrogens with zero attached hydrogens (tertiary/aromatic N) is 1. The Bertz CT molecular complexity index is 381. The molecule has 6 heteroatoms. The lowest BCUT2D eigenvalue weighted by molar-refractivity contribution is 0.0389. The summed E-state index contributed by atoms with van der Waals surface area (Å²) in [5.74, 6) is 0. The van der Waals surface area contributed by atoms with Crippen LogP contribution < -0.4 is 16.2 Å². The molecule has 1 aromatic carbocycles. The number of hydrogen-bond donors (Lipinski definition) is 3. The zero-order valence-corrected chi connectivity index (χ0v) is 11.7. The van der Waals surface area contributed by atoms with Crippen LogP contribution in [0.4, 0.5) is 5.69 Å². The Morgan fingerprint density at radius 2 is 1.95 bits per heavy atom. The lowest BCUT2D eigenvalue weighted by Crippen LogP contribution is -2.44. The number of morpholine rings is 1. The molecule has 0 atom stereocenters. The zero-order valence-electron chi connectivity index (χ0n) is 10.9. The maximum Gasteiger partial charge on any atom is 0.185 e. The Balaban J connectivity index is 1.57. The lowest BCUT2D eigenvalue weighted by atomic mass is 10.3. The molecule has 0 aliphatic carbocycles. The molecular weight excluding hydrogens is 260 g/mol. The van der Waals surface area contributed by atoms with E-state index < -0.39 is 0 Å². The largest absolute Gasteiger partial charge is 0.379 e. The number of rotatable bonds is 5. The van der Waals surface area contributed by atoms with Gasteiger partial charge in [-0.05, 0) is 24.4 Å². The summed E-state index contributed by atoms with van der Waals surface area (Å²) in [5.41, 5.74) is 7.00. The van der Waals surface area contributed by atoms with E-state index in [9.17, 15) is 0 Å². The lowest BCUT2D eigenvalue weighted by Gasteiger charge is -2.26. The van der Waals surface area contributed by atoms with E-state index in [1.165, 1.54) is 0 Å². The van der Waals surface area contributed by atoms with Crippen molar-refractivity contribution in [3.63, 3.8) is 0 Å². The van der Waals surface area contributed by atoms with Crippen molar-refractivity contribution in [2.75, 3.05) is 44.8 Å². The number of thiocarbonyl (C=S) groups is 1. The summed E-state index contributed by atoms with van der Waals surface area (Å²) in [6.45, 7) is 5.49. The predicted molar refractivity (Wildman–Crippen MR) is 81.1 cm³/mol. The van der Waals surface area contributed by atoms with Gasteiger partial charge in [-0.25, -0.2) is 0 Å². The van der Waals surface area contributed by atoms with Gasteiger partial charge < -0.3 is 10.1 Å². The normalized spacial score (nSPS) is 15.8. The average Bonchev–Trinajstić information content (AvgIpc) is 2.47. The molecule has 0 bridgehead atoms. The third-order valence-corrected chi connectivity index (χ3v) is 3.16. The van der Waals surface area contributed by atoms with Gasteiger partial charge in [-0.15, -0.1) is 0 Å². The average molecular weight is 280 g/mol. The number of benzene rings is 1. The molecule has 3 N–H and O–H groups in total. The van der Waals surface area contributed by atoms with Crippen molar-refractivity contribution in [3.8, 4) is 0 Å². The van der Waals surface area contributed by atoms with Crippen LogP contribution in [0, 0.1) is 0 Å². The molecule has 1 saturated heterocycles. The number of ether oxygens (including phenoxy) is 1. The minimum Gasteiger partial charge on any atom is -0.379 e. The molecule has 0 unspecified atom stereocenters. The molecule has 0 radical (unpaired) electrons. The van der Waals surface area contributed by atoms with E-state index in [0.717, 1.165) is 45.1 Å².